The van der Waals surface area contributed by atoms with Gasteiger partial charge < -0.3 is 14.2 Å². The summed E-state index contributed by atoms with van der Waals surface area (Å²) in [6.07, 6.45) is 0. The van der Waals surface area contributed by atoms with Crippen molar-refractivity contribution in [2.75, 3.05) is 18.6 Å². The SMILES string of the molecule is C=C(C)Cn1c(=O)c2c(nc3n2CCN3c2ccc(OC)cc2)n(C)c1=O. The van der Waals surface area contributed by atoms with Crippen molar-refractivity contribution in [1.82, 2.24) is 18.7 Å². The number of benzene rings is 1. The van der Waals surface area contributed by atoms with Crippen LogP contribution < -0.4 is 20.9 Å². The fourth-order valence-corrected chi connectivity index (χ4v) is 3.49. The Hall–Kier alpha value is -3.29. The summed E-state index contributed by atoms with van der Waals surface area (Å²) in [6.45, 7) is 7.14. The second-order valence-electron chi connectivity index (χ2n) is 6.78. The summed E-state index contributed by atoms with van der Waals surface area (Å²) >= 11 is 0. The Labute approximate surface area is 155 Å². The molecule has 0 radical (unpaired) electrons. The maximum Gasteiger partial charge on any atom is 0.332 e. The van der Waals surface area contributed by atoms with Crippen molar-refractivity contribution in [2.45, 2.75) is 20.0 Å². The lowest BCUT2D eigenvalue weighted by atomic mass is 10.3. The molecule has 1 aliphatic heterocycles. The molecular weight excluding hydrogens is 346 g/mol. The minimum Gasteiger partial charge on any atom is -0.497 e. The van der Waals surface area contributed by atoms with Gasteiger partial charge in [-0.15, -0.1) is 0 Å². The average molecular weight is 367 g/mol. The Kier molecular flexibility index (Phi) is 3.91. The number of aryl methyl sites for hydroxylation is 1. The Bertz CT molecular complexity index is 1170. The van der Waals surface area contributed by atoms with Crippen molar-refractivity contribution in [1.29, 1.82) is 0 Å². The summed E-state index contributed by atoms with van der Waals surface area (Å²) in [5.41, 5.74) is 1.84. The maximum atomic E-state index is 13.0. The van der Waals surface area contributed by atoms with Gasteiger partial charge in [0.2, 0.25) is 5.95 Å². The molecule has 0 unspecified atom stereocenters. The number of anilines is 2. The van der Waals surface area contributed by atoms with Crippen molar-refractivity contribution in [3.05, 3.63) is 57.3 Å². The minimum atomic E-state index is -0.386. The van der Waals surface area contributed by atoms with E-state index >= 15 is 0 Å². The number of hydrogen-bond donors (Lipinski definition) is 0. The molecule has 8 nitrogen and oxygen atoms in total. The predicted octanol–water partition coefficient (Wildman–Crippen LogP) is 1.63. The highest BCUT2D eigenvalue weighted by atomic mass is 16.5. The number of ether oxygens (including phenoxy) is 1. The van der Waals surface area contributed by atoms with E-state index in [0.717, 1.165) is 17.0 Å². The molecule has 1 aliphatic rings. The Morgan fingerprint density at radius 1 is 1.22 bits per heavy atom. The number of hydrogen-bond acceptors (Lipinski definition) is 5. The van der Waals surface area contributed by atoms with Crippen LogP contribution in [0.5, 0.6) is 5.75 Å². The highest BCUT2D eigenvalue weighted by Crippen LogP contribution is 2.32. The first-order valence-electron chi connectivity index (χ1n) is 8.68. The van der Waals surface area contributed by atoms with E-state index in [1.165, 1.54) is 9.13 Å². The predicted molar refractivity (Wildman–Crippen MR) is 104 cm³/mol. The fraction of sp³-hybridized carbons (Fsp3) is 0.316. The van der Waals surface area contributed by atoms with E-state index in [0.29, 0.717) is 30.2 Å². The molecule has 8 heteroatoms. The number of allylic oxidation sites excluding steroid dienone is 1. The third-order valence-electron chi connectivity index (χ3n) is 4.81. The van der Waals surface area contributed by atoms with Gasteiger partial charge in [0.15, 0.2) is 11.2 Å². The van der Waals surface area contributed by atoms with Gasteiger partial charge in [-0.05, 0) is 31.2 Å². The van der Waals surface area contributed by atoms with Crippen molar-refractivity contribution < 1.29 is 4.74 Å². The second kappa shape index (κ2) is 6.15. The van der Waals surface area contributed by atoms with E-state index in [1.807, 2.05) is 33.7 Å². The number of methoxy groups -OCH3 is 1. The zero-order valence-corrected chi connectivity index (χ0v) is 15.6. The molecule has 3 aromatic rings. The fourth-order valence-electron chi connectivity index (χ4n) is 3.49. The summed E-state index contributed by atoms with van der Waals surface area (Å²) < 4.78 is 9.74. The van der Waals surface area contributed by atoms with Crippen molar-refractivity contribution >= 4 is 22.8 Å². The minimum absolute atomic E-state index is 0.199. The molecule has 1 aromatic carbocycles. The van der Waals surface area contributed by atoms with Crippen LogP contribution in [0.25, 0.3) is 11.2 Å². The molecule has 3 heterocycles. The highest BCUT2D eigenvalue weighted by Gasteiger charge is 2.28. The first-order chi connectivity index (χ1) is 12.9. The molecule has 0 spiro atoms. The van der Waals surface area contributed by atoms with Gasteiger partial charge in [-0.3, -0.25) is 13.9 Å². The summed E-state index contributed by atoms with van der Waals surface area (Å²) in [4.78, 5) is 32.2. The summed E-state index contributed by atoms with van der Waals surface area (Å²) in [5.74, 6) is 1.44. The summed E-state index contributed by atoms with van der Waals surface area (Å²) in [7, 11) is 3.26. The van der Waals surface area contributed by atoms with Crippen LogP contribution in [0.1, 0.15) is 6.92 Å². The molecule has 2 aromatic heterocycles. The standard InChI is InChI=1S/C19H21N5O3/c1-12(2)11-24-17(25)15-16(21(3)19(24)26)20-18-22(9-10-23(15)18)13-5-7-14(27-4)8-6-13/h5-8H,1,9-11H2,2-4H3. The average Bonchev–Trinajstić information content (AvgIpc) is 3.22. The number of nitrogens with zero attached hydrogens (tertiary/aromatic N) is 5. The Morgan fingerprint density at radius 2 is 1.93 bits per heavy atom. The quantitative estimate of drug-likeness (QED) is 0.656. The molecule has 0 aliphatic carbocycles. The van der Waals surface area contributed by atoms with Crippen LogP contribution in [0, 0.1) is 0 Å². The highest BCUT2D eigenvalue weighted by molar-refractivity contribution is 5.77. The van der Waals surface area contributed by atoms with Crippen LogP contribution in [0.2, 0.25) is 0 Å². The lowest BCUT2D eigenvalue weighted by molar-refractivity contribution is 0.415. The largest absolute Gasteiger partial charge is 0.497 e. The molecule has 27 heavy (non-hydrogen) atoms. The number of rotatable bonds is 4. The lowest BCUT2D eigenvalue weighted by Crippen LogP contribution is -2.39. The van der Waals surface area contributed by atoms with Crippen molar-refractivity contribution in [2.24, 2.45) is 7.05 Å². The van der Waals surface area contributed by atoms with Gasteiger partial charge in [-0.1, -0.05) is 12.2 Å². The molecule has 0 saturated carbocycles. The third kappa shape index (κ3) is 2.56. The van der Waals surface area contributed by atoms with Crippen LogP contribution in [0.4, 0.5) is 11.6 Å². The van der Waals surface area contributed by atoms with Crippen molar-refractivity contribution in [3.8, 4) is 5.75 Å². The first-order valence-corrected chi connectivity index (χ1v) is 8.68. The van der Waals surface area contributed by atoms with E-state index in [-0.39, 0.29) is 17.8 Å². The Morgan fingerprint density at radius 3 is 2.56 bits per heavy atom. The number of fused-ring (bicyclic) bond motifs is 3. The van der Waals surface area contributed by atoms with Crippen LogP contribution in [0.15, 0.2) is 46.0 Å². The normalized spacial score (nSPS) is 13.2. The van der Waals surface area contributed by atoms with E-state index in [2.05, 4.69) is 11.6 Å². The zero-order chi connectivity index (χ0) is 19.3. The molecule has 0 N–H and O–H groups in total. The van der Waals surface area contributed by atoms with Crippen LogP contribution in [-0.2, 0) is 20.1 Å². The monoisotopic (exact) mass is 367 g/mol. The number of imidazole rings is 1. The molecule has 4 rings (SSSR count). The summed E-state index contributed by atoms with van der Waals surface area (Å²) in [5, 5.41) is 0. The maximum absolute atomic E-state index is 13.0. The van der Waals surface area contributed by atoms with Gasteiger partial charge in [0.25, 0.3) is 5.56 Å². The van der Waals surface area contributed by atoms with E-state index in [9.17, 15) is 9.59 Å². The summed E-state index contributed by atoms with van der Waals surface area (Å²) in [6, 6.07) is 7.67. The van der Waals surface area contributed by atoms with E-state index < -0.39 is 0 Å². The van der Waals surface area contributed by atoms with Gasteiger partial charge in [0.05, 0.1) is 13.7 Å². The molecule has 0 saturated heterocycles. The lowest BCUT2D eigenvalue weighted by Gasteiger charge is -2.16. The topological polar surface area (TPSA) is 74.3 Å². The Balaban J connectivity index is 1.90. The molecule has 0 amide bonds. The van der Waals surface area contributed by atoms with Gasteiger partial charge >= 0.3 is 5.69 Å². The smallest absolute Gasteiger partial charge is 0.332 e. The molecule has 0 fully saturated rings. The first kappa shape index (κ1) is 17.1. The van der Waals surface area contributed by atoms with Gasteiger partial charge in [0, 0.05) is 25.8 Å². The van der Waals surface area contributed by atoms with Crippen molar-refractivity contribution in [3.63, 3.8) is 0 Å². The molecule has 140 valence electrons. The molecule has 0 atom stereocenters. The number of aromatic nitrogens is 4. The molecule has 0 bridgehead atoms. The second-order valence-corrected chi connectivity index (χ2v) is 6.78. The van der Waals surface area contributed by atoms with Crippen LogP contribution in [0.3, 0.4) is 0 Å². The van der Waals surface area contributed by atoms with Gasteiger partial charge in [0.1, 0.15) is 5.75 Å². The third-order valence-corrected chi connectivity index (χ3v) is 4.81. The molecular formula is C19H21N5O3. The van der Waals surface area contributed by atoms with Crippen LogP contribution in [-0.4, -0.2) is 32.3 Å². The zero-order valence-electron chi connectivity index (χ0n) is 15.6. The van der Waals surface area contributed by atoms with Gasteiger partial charge in [-0.25, -0.2) is 4.79 Å². The van der Waals surface area contributed by atoms with Crippen LogP contribution >= 0.6 is 0 Å². The van der Waals surface area contributed by atoms with Gasteiger partial charge in [-0.2, -0.15) is 4.98 Å². The van der Waals surface area contributed by atoms with E-state index in [4.69, 9.17) is 4.74 Å². The van der Waals surface area contributed by atoms with E-state index in [1.54, 1.807) is 21.1 Å².